The Morgan fingerprint density at radius 3 is 1.28 bits per heavy atom. The van der Waals surface area contributed by atoms with Crippen LogP contribution in [0.3, 0.4) is 0 Å². The summed E-state index contributed by atoms with van der Waals surface area (Å²) in [4.78, 5) is 0. The predicted octanol–water partition coefficient (Wildman–Crippen LogP) is 25.2. The second-order valence-electron chi connectivity index (χ2n) is 22.6. The molecule has 0 radical (unpaired) electrons. The minimum absolute atomic E-state index is 0.912. The van der Waals surface area contributed by atoms with Gasteiger partial charge < -0.3 is 8.83 Å². The zero-order chi connectivity index (χ0) is 58.1. The van der Waals surface area contributed by atoms with E-state index in [2.05, 4.69) is 297 Å². The van der Waals surface area contributed by atoms with Crippen molar-refractivity contribution in [1.82, 2.24) is 0 Å². The molecule has 0 atom stereocenters. The number of hydrogen-bond donors (Lipinski definition) is 0. The fourth-order valence-corrected chi connectivity index (χ4v) is 15.4. The van der Waals surface area contributed by atoms with Crippen LogP contribution in [0.15, 0.2) is 324 Å². The molecule has 4 heteroatoms. The summed E-state index contributed by atoms with van der Waals surface area (Å²) < 4.78 is 18.1. The van der Waals surface area contributed by atoms with E-state index in [1.54, 1.807) is 0 Å². The van der Waals surface area contributed by atoms with E-state index in [-0.39, 0.29) is 0 Å². The van der Waals surface area contributed by atoms with Crippen molar-refractivity contribution >= 4 is 107 Å². The summed E-state index contributed by atoms with van der Waals surface area (Å²) in [5.74, 6) is 0. The number of benzene rings is 14. The van der Waals surface area contributed by atoms with Crippen LogP contribution in [0.1, 0.15) is 0 Å². The maximum absolute atomic E-state index is 6.55. The molecule has 88 heavy (non-hydrogen) atoms. The highest BCUT2D eigenvalue weighted by Gasteiger charge is 2.19. The third kappa shape index (κ3) is 9.17. The number of thiophene rings is 2. The van der Waals surface area contributed by atoms with Crippen molar-refractivity contribution in [3.8, 4) is 89.0 Å². The zero-order valence-electron chi connectivity index (χ0n) is 47.7. The van der Waals surface area contributed by atoms with E-state index in [0.29, 0.717) is 0 Å². The smallest absolute Gasteiger partial charge is 0.143 e. The van der Waals surface area contributed by atoms with Crippen molar-refractivity contribution in [1.29, 1.82) is 0 Å². The van der Waals surface area contributed by atoms with Crippen molar-refractivity contribution in [2.45, 2.75) is 0 Å². The Hall–Kier alpha value is -10.9. The van der Waals surface area contributed by atoms with Gasteiger partial charge in [0.15, 0.2) is 0 Å². The molecular weight excluding hydrogens is 1110 g/mol. The molecule has 0 aliphatic rings. The average Bonchev–Trinajstić information content (AvgIpc) is 2.62. The van der Waals surface area contributed by atoms with Crippen molar-refractivity contribution in [2.24, 2.45) is 0 Å². The van der Waals surface area contributed by atoms with E-state index >= 15 is 0 Å². The molecule has 18 aromatic rings. The number of para-hydroxylation sites is 2. The molecular formula is C84H52O2S2. The Morgan fingerprint density at radius 2 is 0.602 bits per heavy atom. The van der Waals surface area contributed by atoms with Gasteiger partial charge in [0.2, 0.25) is 0 Å². The fourth-order valence-electron chi connectivity index (χ4n) is 13.1. The maximum atomic E-state index is 6.55. The molecule has 0 spiro atoms. The summed E-state index contributed by atoms with van der Waals surface area (Å²) in [7, 11) is 0. The molecule has 4 heterocycles. The van der Waals surface area contributed by atoms with Gasteiger partial charge in [-0.1, -0.05) is 231 Å². The first-order valence-electron chi connectivity index (χ1n) is 29.8. The van der Waals surface area contributed by atoms with Crippen molar-refractivity contribution in [3.63, 3.8) is 0 Å². The Bertz CT molecular complexity index is 5700. The van der Waals surface area contributed by atoms with Crippen molar-refractivity contribution < 1.29 is 8.83 Å². The van der Waals surface area contributed by atoms with Crippen LogP contribution in [-0.4, -0.2) is 0 Å². The Morgan fingerprint density at radius 1 is 0.182 bits per heavy atom. The molecule has 0 fully saturated rings. The van der Waals surface area contributed by atoms with Gasteiger partial charge in [-0.3, -0.25) is 0 Å². The van der Waals surface area contributed by atoms with Gasteiger partial charge >= 0.3 is 0 Å². The molecule has 0 N–H and O–H groups in total. The monoisotopic (exact) mass is 1160 g/mol. The van der Waals surface area contributed by atoms with Crippen LogP contribution in [0.5, 0.6) is 0 Å². The standard InChI is InChI=1S/2C42H26OS/c1-2-10-27(11-3-1)28-12-8-13-29(22-28)30-14-9-15-31(23-30)33-24-37(42-38(25-33)34-16-4-6-18-39(34)43-42)32-20-21-36-35-17-5-7-19-40(35)44-41(36)26-32;1-2-11-27(12-3-1)32-15-4-5-16-33(32)29-14-10-13-28(23-29)31-24-37(42-38(25-31)36-18-7-9-20-41(36)44-42)30-21-22-35-34-17-6-8-19-39(34)43-40(35)26-30/h2*1-26H. The lowest BCUT2D eigenvalue weighted by atomic mass is 9.91. The van der Waals surface area contributed by atoms with Gasteiger partial charge in [-0.25, -0.2) is 0 Å². The van der Waals surface area contributed by atoms with E-state index in [4.69, 9.17) is 8.83 Å². The van der Waals surface area contributed by atoms with Crippen LogP contribution in [-0.2, 0) is 0 Å². The molecule has 18 rings (SSSR count). The Kier molecular flexibility index (Phi) is 12.6. The molecule has 0 saturated heterocycles. The van der Waals surface area contributed by atoms with E-state index in [9.17, 15) is 0 Å². The lowest BCUT2D eigenvalue weighted by Crippen LogP contribution is -1.87. The first kappa shape index (κ1) is 51.5. The molecule has 0 amide bonds. The summed E-state index contributed by atoms with van der Waals surface area (Å²) in [6, 6.07) is 114. The van der Waals surface area contributed by atoms with E-state index in [0.717, 1.165) is 49.4 Å². The van der Waals surface area contributed by atoms with Crippen LogP contribution in [0.4, 0.5) is 0 Å². The fraction of sp³-hybridized carbons (Fsp3) is 0. The van der Waals surface area contributed by atoms with Crippen LogP contribution in [0.2, 0.25) is 0 Å². The van der Waals surface area contributed by atoms with Crippen molar-refractivity contribution in [3.05, 3.63) is 315 Å². The first-order chi connectivity index (χ1) is 43.6. The van der Waals surface area contributed by atoms with Gasteiger partial charge in [0, 0.05) is 73.0 Å². The molecule has 0 bridgehead atoms. The van der Waals surface area contributed by atoms with E-state index < -0.39 is 0 Å². The van der Waals surface area contributed by atoms with E-state index in [1.807, 2.05) is 40.9 Å². The second-order valence-corrected chi connectivity index (χ2v) is 24.8. The van der Waals surface area contributed by atoms with Gasteiger partial charge in [0.25, 0.3) is 0 Å². The largest absolute Gasteiger partial charge is 0.456 e. The highest BCUT2D eigenvalue weighted by molar-refractivity contribution is 7.26. The Balaban J connectivity index is 0.000000137. The molecule has 0 saturated carbocycles. The highest BCUT2D eigenvalue weighted by Crippen LogP contribution is 2.47. The normalized spacial score (nSPS) is 11.6. The molecule has 412 valence electrons. The number of hydrogen-bond acceptors (Lipinski definition) is 4. The topological polar surface area (TPSA) is 26.3 Å². The Labute approximate surface area is 516 Å². The van der Waals surface area contributed by atoms with E-state index in [1.165, 1.54) is 124 Å². The SMILES string of the molecule is c1ccc(-c2cccc(-c3cccc(-c4cc(-c5ccc6c(c5)sc5ccccc56)c5oc6ccccc6c5c4)c3)c2)cc1.c1ccc(-c2ccccc2-c2cccc(-c3cc(-c4ccc5c(c4)oc4ccccc45)c4sc5ccccc5c4c3)c2)cc1. The molecule has 0 aliphatic heterocycles. The van der Waals surface area contributed by atoms with Crippen LogP contribution >= 0.6 is 22.7 Å². The highest BCUT2D eigenvalue weighted by atomic mass is 32.1. The lowest BCUT2D eigenvalue weighted by Gasteiger charge is -2.13. The van der Waals surface area contributed by atoms with Gasteiger partial charge in [-0.05, 0) is 163 Å². The maximum Gasteiger partial charge on any atom is 0.143 e. The van der Waals surface area contributed by atoms with Gasteiger partial charge in [0.05, 0.1) is 0 Å². The summed E-state index contributed by atoms with van der Waals surface area (Å²) >= 11 is 3.72. The second kappa shape index (κ2) is 21.6. The summed E-state index contributed by atoms with van der Waals surface area (Å²) in [6.07, 6.45) is 0. The van der Waals surface area contributed by atoms with Crippen LogP contribution in [0.25, 0.3) is 173 Å². The number of rotatable bonds is 8. The lowest BCUT2D eigenvalue weighted by molar-refractivity contribution is 0.669. The van der Waals surface area contributed by atoms with Crippen LogP contribution < -0.4 is 0 Å². The minimum Gasteiger partial charge on any atom is -0.456 e. The molecule has 4 aromatic heterocycles. The third-order valence-electron chi connectivity index (χ3n) is 17.4. The summed E-state index contributed by atoms with van der Waals surface area (Å²) in [5.41, 5.74) is 22.9. The molecule has 0 unspecified atom stereocenters. The molecule has 0 aliphatic carbocycles. The van der Waals surface area contributed by atoms with Crippen molar-refractivity contribution in [2.75, 3.05) is 0 Å². The third-order valence-corrected chi connectivity index (χ3v) is 19.7. The van der Waals surface area contributed by atoms with Gasteiger partial charge in [-0.2, -0.15) is 0 Å². The quantitative estimate of drug-likeness (QED) is 0.152. The molecule has 14 aromatic carbocycles. The first-order valence-corrected chi connectivity index (χ1v) is 31.5. The minimum atomic E-state index is 0.912. The predicted molar refractivity (Wildman–Crippen MR) is 377 cm³/mol. The van der Waals surface area contributed by atoms with Gasteiger partial charge in [-0.15, -0.1) is 22.7 Å². The average molecular weight is 1160 g/mol. The zero-order valence-corrected chi connectivity index (χ0v) is 49.3. The summed E-state index contributed by atoms with van der Waals surface area (Å²) in [6.45, 7) is 0. The molecule has 2 nitrogen and oxygen atoms in total. The van der Waals surface area contributed by atoms with Crippen LogP contribution in [0, 0.1) is 0 Å². The summed E-state index contributed by atoms with van der Waals surface area (Å²) in [5, 5.41) is 9.79. The van der Waals surface area contributed by atoms with Gasteiger partial charge in [0.1, 0.15) is 22.3 Å². The number of furan rings is 2. The number of fused-ring (bicyclic) bond motifs is 12.